The number of carbonyl (C=O) groups is 1. The second-order valence-electron chi connectivity index (χ2n) is 5.80. The van der Waals surface area contributed by atoms with Crippen molar-refractivity contribution in [3.63, 3.8) is 0 Å². The molecule has 0 saturated heterocycles. The first-order chi connectivity index (χ1) is 13.1. The second-order valence-corrected chi connectivity index (χ2v) is 6.21. The topological polar surface area (TPSA) is 64.4 Å². The smallest absolute Gasteiger partial charge is 0.199 e. The van der Waals surface area contributed by atoms with Gasteiger partial charge in [-0.3, -0.25) is 4.79 Å². The van der Waals surface area contributed by atoms with Gasteiger partial charge in [0.15, 0.2) is 11.5 Å². The molecule has 0 spiro atoms. The summed E-state index contributed by atoms with van der Waals surface area (Å²) in [6.07, 6.45) is 1.60. The van der Waals surface area contributed by atoms with Crippen LogP contribution in [0.15, 0.2) is 65.3 Å². The number of hydrogen-bond donors (Lipinski definition) is 1. The normalized spacial score (nSPS) is 11.3. The zero-order chi connectivity index (χ0) is 19.2. The number of aryl methyl sites for hydroxylation is 1. The molecule has 0 fully saturated rings. The Kier molecular flexibility index (Phi) is 5.94. The van der Waals surface area contributed by atoms with E-state index in [1.54, 1.807) is 43.5 Å². The molecule has 0 aliphatic heterocycles. The molecule has 0 radical (unpaired) electrons. The van der Waals surface area contributed by atoms with Gasteiger partial charge in [0.1, 0.15) is 5.75 Å². The van der Waals surface area contributed by atoms with Crippen LogP contribution < -0.4 is 10.1 Å². The predicted octanol–water partition coefficient (Wildman–Crippen LogP) is 5.37. The molecule has 0 atom stereocenters. The van der Waals surface area contributed by atoms with Gasteiger partial charge in [-0.2, -0.15) is 0 Å². The number of halogens is 1. The molecule has 1 N–H and O–H groups in total. The number of nitrogens with one attached hydrogen (secondary N) is 1. The van der Waals surface area contributed by atoms with Crippen LogP contribution in [0.1, 0.15) is 28.7 Å². The van der Waals surface area contributed by atoms with Crippen molar-refractivity contribution in [3.8, 4) is 5.75 Å². The van der Waals surface area contributed by atoms with E-state index in [2.05, 4.69) is 10.5 Å². The summed E-state index contributed by atoms with van der Waals surface area (Å²) in [5.41, 5.74) is 2.22. The maximum atomic E-state index is 13.0. The summed E-state index contributed by atoms with van der Waals surface area (Å²) in [6, 6.07) is 16.1. The van der Waals surface area contributed by atoms with E-state index in [1.165, 1.54) is 0 Å². The summed E-state index contributed by atoms with van der Waals surface area (Å²) in [6.45, 7) is 4.33. The zero-order valence-corrected chi connectivity index (χ0v) is 15.8. The molecule has 0 aliphatic carbocycles. The number of rotatable bonds is 7. The number of carbonyl (C=O) groups excluding carboxylic acids is 1. The second kappa shape index (κ2) is 8.56. The van der Waals surface area contributed by atoms with Gasteiger partial charge >= 0.3 is 0 Å². The number of ether oxygens (including phenoxy) is 1. The summed E-state index contributed by atoms with van der Waals surface area (Å²) in [7, 11) is 0. The van der Waals surface area contributed by atoms with Crippen molar-refractivity contribution in [1.29, 1.82) is 0 Å². The molecule has 138 valence electrons. The van der Waals surface area contributed by atoms with Crippen LogP contribution in [0.2, 0.25) is 5.02 Å². The molecule has 6 heteroatoms. The highest BCUT2D eigenvalue weighted by molar-refractivity contribution is 6.38. The monoisotopic (exact) mass is 382 g/mol. The van der Waals surface area contributed by atoms with Crippen molar-refractivity contribution >= 4 is 28.6 Å². The lowest BCUT2D eigenvalue weighted by Gasteiger charge is -2.08. The number of ketones is 1. The standard InChI is InChI=1S/C21H19ClN2O3/c1-3-26-16-10-8-15(9-11-16)23-13-18(20-12-14(2)24-27-20)21(25)17-6-4-5-7-19(17)22/h4-13,23H,3H2,1-2H3/b18-13+. The van der Waals surface area contributed by atoms with Crippen molar-refractivity contribution in [3.05, 3.63) is 82.8 Å². The van der Waals surface area contributed by atoms with Gasteiger partial charge in [-0.25, -0.2) is 0 Å². The van der Waals surface area contributed by atoms with Crippen LogP contribution in [0.5, 0.6) is 5.75 Å². The van der Waals surface area contributed by atoms with Crippen molar-refractivity contribution in [2.24, 2.45) is 0 Å². The van der Waals surface area contributed by atoms with Crippen LogP contribution in [0.25, 0.3) is 5.57 Å². The SMILES string of the molecule is CCOc1ccc(N/C=C(/C(=O)c2ccccc2Cl)c2cc(C)no2)cc1. The van der Waals surface area contributed by atoms with E-state index in [9.17, 15) is 4.79 Å². The molecule has 0 unspecified atom stereocenters. The van der Waals surface area contributed by atoms with E-state index < -0.39 is 0 Å². The van der Waals surface area contributed by atoms with E-state index in [0.717, 1.165) is 11.4 Å². The lowest BCUT2D eigenvalue weighted by molar-refractivity contribution is 0.105. The fraction of sp³-hybridized carbons (Fsp3) is 0.143. The Morgan fingerprint density at radius 2 is 1.96 bits per heavy atom. The summed E-state index contributed by atoms with van der Waals surface area (Å²) in [5.74, 6) is 0.899. The Bertz CT molecular complexity index is 962. The van der Waals surface area contributed by atoms with E-state index in [4.69, 9.17) is 20.9 Å². The summed E-state index contributed by atoms with van der Waals surface area (Å²) in [5, 5.41) is 7.38. The number of hydrogen-bond acceptors (Lipinski definition) is 5. The first-order valence-electron chi connectivity index (χ1n) is 8.51. The van der Waals surface area contributed by atoms with Gasteiger partial charge in [-0.15, -0.1) is 0 Å². The molecule has 3 aromatic rings. The molecule has 0 bridgehead atoms. The first kappa shape index (κ1) is 18.7. The first-order valence-corrected chi connectivity index (χ1v) is 8.88. The highest BCUT2D eigenvalue weighted by Crippen LogP contribution is 2.25. The lowest BCUT2D eigenvalue weighted by atomic mass is 10.0. The summed E-state index contributed by atoms with van der Waals surface area (Å²) >= 11 is 6.19. The van der Waals surface area contributed by atoms with Gasteiger partial charge < -0.3 is 14.6 Å². The average molecular weight is 383 g/mol. The number of anilines is 1. The minimum atomic E-state index is -0.254. The Morgan fingerprint density at radius 3 is 2.59 bits per heavy atom. The lowest BCUT2D eigenvalue weighted by Crippen LogP contribution is -2.05. The third-order valence-corrected chi connectivity index (χ3v) is 4.13. The van der Waals surface area contributed by atoms with Gasteiger partial charge in [0.25, 0.3) is 0 Å². The average Bonchev–Trinajstić information content (AvgIpc) is 3.10. The van der Waals surface area contributed by atoms with Crippen LogP contribution in [0.3, 0.4) is 0 Å². The molecule has 27 heavy (non-hydrogen) atoms. The molecular weight excluding hydrogens is 364 g/mol. The fourth-order valence-electron chi connectivity index (χ4n) is 2.50. The minimum absolute atomic E-state index is 0.254. The van der Waals surface area contributed by atoms with Crippen molar-refractivity contribution in [2.75, 3.05) is 11.9 Å². The summed E-state index contributed by atoms with van der Waals surface area (Å²) in [4.78, 5) is 13.0. The van der Waals surface area contributed by atoms with Gasteiger partial charge in [-0.05, 0) is 50.2 Å². The molecular formula is C21H19ClN2O3. The quantitative estimate of drug-likeness (QED) is 0.439. The van der Waals surface area contributed by atoms with Crippen LogP contribution in [0.4, 0.5) is 5.69 Å². The van der Waals surface area contributed by atoms with Crippen LogP contribution in [-0.4, -0.2) is 17.5 Å². The molecule has 1 heterocycles. The maximum absolute atomic E-state index is 13.0. The highest BCUT2D eigenvalue weighted by Gasteiger charge is 2.20. The molecule has 5 nitrogen and oxygen atoms in total. The van der Waals surface area contributed by atoms with Gasteiger partial charge in [0.05, 0.1) is 22.9 Å². The van der Waals surface area contributed by atoms with Crippen molar-refractivity contribution in [2.45, 2.75) is 13.8 Å². The Morgan fingerprint density at radius 1 is 1.22 bits per heavy atom. The van der Waals surface area contributed by atoms with Gasteiger partial charge in [0, 0.05) is 23.5 Å². The Balaban J connectivity index is 1.91. The fourth-order valence-corrected chi connectivity index (χ4v) is 2.72. The van der Waals surface area contributed by atoms with Crippen LogP contribution >= 0.6 is 11.6 Å². The molecule has 3 rings (SSSR count). The third kappa shape index (κ3) is 4.57. The Labute approximate surface area is 162 Å². The molecule has 2 aromatic carbocycles. The van der Waals surface area contributed by atoms with E-state index in [-0.39, 0.29) is 5.78 Å². The van der Waals surface area contributed by atoms with Crippen molar-refractivity contribution < 1.29 is 14.1 Å². The van der Waals surface area contributed by atoms with Crippen molar-refractivity contribution in [1.82, 2.24) is 5.16 Å². The summed E-state index contributed by atoms with van der Waals surface area (Å²) < 4.78 is 10.7. The maximum Gasteiger partial charge on any atom is 0.199 e. The predicted molar refractivity (Wildman–Crippen MR) is 106 cm³/mol. The molecule has 0 saturated carbocycles. The molecule has 1 aromatic heterocycles. The van der Waals surface area contributed by atoms with Gasteiger partial charge in [0.2, 0.25) is 0 Å². The van der Waals surface area contributed by atoms with E-state index in [0.29, 0.717) is 34.2 Å². The zero-order valence-electron chi connectivity index (χ0n) is 15.0. The molecule has 0 amide bonds. The third-order valence-electron chi connectivity index (χ3n) is 3.81. The number of benzene rings is 2. The minimum Gasteiger partial charge on any atom is -0.494 e. The number of allylic oxidation sites excluding steroid dienone is 1. The van der Waals surface area contributed by atoms with Gasteiger partial charge in [-0.1, -0.05) is 28.9 Å². The van der Waals surface area contributed by atoms with Crippen LogP contribution in [-0.2, 0) is 0 Å². The number of Topliss-reactive ketones (excluding diaryl/α,β-unsaturated/α-hetero) is 1. The van der Waals surface area contributed by atoms with E-state index in [1.807, 2.05) is 31.2 Å². The largest absolute Gasteiger partial charge is 0.494 e. The highest BCUT2D eigenvalue weighted by atomic mass is 35.5. The molecule has 0 aliphatic rings. The number of aromatic nitrogens is 1. The number of nitrogens with zero attached hydrogens (tertiary/aromatic N) is 1. The van der Waals surface area contributed by atoms with Crippen LogP contribution in [0, 0.1) is 6.92 Å². The van der Waals surface area contributed by atoms with E-state index >= 15 is 0 Å². The Hall–Kier alpha value is -3.05.